The van der Waals surface area contributed by atoms with Crippen molar-refractivity contribution in [2.45, 2.75) is 24.8 Å². The first-order valence-corrected chi connectivity index (χ1v) is 7.92. The number of benzene rings is 1. The van der Waals surface area contributed by atoms with Crippen LogP contribution in [-0.2, 0) is 5.75 Å². The standard InChI is InChI=1S/C14H17ClN4S/c1-3-19(4-2)13-16-12(15)17-14(18-13)20-10-11-8-6-5-7-9-11/h5-9H,3-4,10H2,1-2H3. The molecule has 0 aliphatic heterocycles. The molecule has 1 aromatic heterocycles. The number of anilines is 1. The van der Waals surface area contributed by atoms with Crippen molar-refractivity contribution in [3.63, 3.8) is 0 Å². The summed E-state index contributed by atoms with van der Waals surface area (Å²) in [5.74, 6) is 1.46. The van der Waals surface area contributed by atoms with E-state index in [1.807, 2.05) is 18.2 Å². The van der Waals surface area contributed by atoms with Crippen LogP contribution in [0.15, 0.2) is 35.5 Å². The van der Waals surface area contributed by atoms with Gasteiger partial charge >= 0.3 is 0 Å². The van der Waals surface area contributed by atoms with Gasteiger partial charge < -0.3 is 4.90 Å². The number of nitrogens with zero attached hydrogens (tertiary/aromatic N) is 4. The van der Waals surface area contributed by atoms with E-state index >= 15 is 0 Å². The van der Waals surface area contributed by atoms with Crippen molar-refractivity contribution in [3.8, 4) is 0 Å². The molecule has 2 aromatic rings. The normalized spacial score (nSPS) is 10.6. The highest BCUT2D eigenvalue weighted by Crippen LogP contribution is 2.22. The van der Waals surface area contributed by atoms with Crippen LogP contribution < -0.4 is 4.90 Å². The molecule has 6 heteroatoms. The molecule has 0 atom stereocenters. The zero-order valence-corrected chi connectivity index (χ0v) is 13.2. The zero-order chi connectivity index (χ0) is 14.4. The van der Waals surface area contributed by atoms with Gasteiger partial charge in [-0.15, -0.1) is 0 Å². The summed E-state index contributed by atoms with van der Waals surface area (Å²) in [4.78, 5) is 14.9. The Kier molecular flexibility index (Phi) is 5.61. The number of hydrogen-bond donors (Lipinski definition) is 0. The van der Waals surface area contributed by atoms with Gasteiger partial charge in [-0.2, -0.15) is 15.0 Å². The summed E-state index contributed by atoms with van der Waals surface area (Å²) in [6.07, 6.45) is 0. The van der Waals surface area contributed by atoms with E-state index < -0.39 is 0 Å². The molecule has 4 nitrogen and oxygen atoms in total. The first-order valence-electron chi connectivity index (χ1n) is 6.56. The minimum Gasteiger partial charge on any atom is -0.341 e. The van der Waals surface area contributed by atoms with Crippen molar-refractivity contribution in [3.05, 3.63) is 41.2 Å². The third-order valence-electron chi connectivity index (χ3n) is 2.83. The highest BCUT2D eigenvalue weighted by atomic mass is 35.5. The fraction of sp³-hybridized carbons (Fsp3) is 0.357. The van der Waals surface area contributed by atoms with Gasteiger partial charge in [-0.1, -0.05) is 42.1 Å². The maximum atomic E-state index is 5.99. The van der Waals surface area contributed by atoms with E-state index in [9.17, 15) is 0 Å². The monoisotopic (exact) mass is 308 g/mol. The Balaban J connectivity index is 2.12. The zero-order valence-electron chi connectivity index (χ0n) is 11.6. The summed E-state index contributed by atoms with van der Waals surface area (Å²) in [7, 11) is 0. The molecule has 0 unspecified atom stereocenters. The van der Waals surface area contributed by atoms with E-state index in [1.165, 1.54) is 5.56 Å². The first-order chi connectivity index (χ1) is 9.72. The fourth-order valence-electron chi connectivity index (χ4n) is 1.76. The number of hydrogen-bond acceptors (Lipinski definition) is 5. The Hall–Kier alpha value is -1.33. The molecule has 0 aliphatic rings. The van der Waals surface area contributed by atoms with Crippen LogP contribution in [0.3, 0.4) is 0 Å². The van der Waals surface area contributed by atoms with Gasteiger partial charge in [0.25, 0.3) is 0 Å². The van der Waals surface area contributed by atoms with E-state index in [-0.39, 0.29) is 5.28 Å². The van der Waals surface area contributed by atoms with Crippen LogP contribution in [0, 0.1) is 0 Å². The van der Waals surface area contributed by atoms with Crippen LogP contribution in [0.2, 0.25) is 5.28 Å². The summed E-state index contributed by atoms with van der Waals surface area (Å²) in [5, 5.41) is 0.910. The van der Waals surface area contributed by atoms with Gasteiger partial charge in [0.05, 0.1) is 0 Å². The smallest absolute Gasteiger partial charge is 0.230 e. The predicted molar refractivity (Wildman–Crippen MR) is 84.4 cm³/mol. The second-order valence-corrected chi connectivity index (χ2v) is 5.41. The highest BCUT2D eigenvalue weighted by molar-refractivity contribution is 7.98. The van der Waals surface area contributed by atoms with Crippen molar-refractivity contribution in [2.75, 3.05) is 18.0 Å². The third kappa shape index (κ3) is 4.08. The van der Waals surface area contributed by atoms with E-state index in [2.05, 4.69) is 45.8 Å². The average Bonchev–Trinajstić information content (AvgIpc) is 2.47. The third-order valence-corrected chi connectivity index (χ3v) is 3.92. The first kappa shape index (κ1) is 15.1. The summed E-state index contributed by atoms with van der Waals surface area (Å²) in [6.45, 7) is 5.83. The molecule has 1 aromatic carbocycles. The maximum absolute atomic E-state index is 5.99. The largest absolute Gasteiger partial charge is 0.341 e. The van der Waals surface area contributed by atoms with Crippen molar-refractivity contribution >= 4 is 29.3 Å². The topological polar surface area (TPSA) is 41.9 Å². The highest BCUT2D eigenvalue weighted by Gasteiger charge is 2.10. The van der Waals surface area contributed by atoms with Crippen LogP contribution in [-0.4, -0.2) is 28.0 Å². The van der Waals surface area contributed by atoms with Gasteiger partial charge in [-0.25, -0.2) is 0 Å². The van der Waals surface area contributed by atoms with Crippen molar-refractivity contribution in [1.82, 2.24) is 15.0 Å². The molecular weight excluding hydrogens is 292 g/mol. The van der Waals surface area contributed by atoms with E-state index in [0.29, 0.717) is 11.1 Å². The van der Waals surface area contributed by atoms with Gasteiger partial charge in [0.15, 0.2) is 5.16 Å². The Morgan fingerprint density at radius 1 is 1.05 bits per heavy atom. The maximum Gasteiger partial charge on any atom is 0.230 e. The van der Waals surface area contributed by atoms with Crippen molar-refractivity contribution < 1.29 is 0 Å². The minimum absolute atomic E-state index is 0.248. The Morgan fingerprint density at radius 3 is 2.40 bits per heavy atom. The van der Waals surface area contributed by atoms with Crippen LogP contribution >= 0.6 is 23.4 Å². The van der Waals surface area contributed by atoms with Gasteiger partial charge in [-0.3, -0.25) is 0 Å². The lowest BCUT2D eigenvalue weighted by Gasteiger charge is -2.18. The molecular formula is C14H17ClN4S. The lowest BCUT2D eigenvalue weighted by atomic mass is 10.2. The van der Waals surface area contributed by atoms with E-state index in [4.69, 9.17) is 11.6 Å². The molecule has 0 aliphatic carbocycles. The van der Waals surface area contributed by atoms with Gasteiger partial charge in [-0.05, 0) is 31.0 Å². The second-order valence-electron chi connectivity index (χ2n) is 4.13. The SMILES string of the molecule is CCN(CC)c1nc(Cl)nc(SCc2ccccc2)n1. The lowest BCUT2D eigenvalue weighted by molar-refractivity contribution is 0.782. The molecule has 106 valence electrons. The van der Waals surface area contributed by atoms with Crippen LogP contribution in [0.4, 0.5) is 5.95 Å². The summed E-state index contributed by atoms with van der Waals surface area (Å²) in [5.41, 5.74) is 1.23. The Labute approximate surface area is 128 Å². The quantitative estimate of drug-likeness (QED) is 0.762. The van der Waals surface area contributed by atoms with E-state index in [1.54, 1.807) is 11.8 Å². The molecule has 0 spiro atoms. The second kappa shape index (κ2) is 7.45. The van der Waals surface area contributed by atoms with Crippen molar-refractivity contribution in [2.24, 2.45) is 0 Å². The molecule has 0 saturated heterocycles. The Bertz CT molecular complexity index is 546. The van der Waals surface area contributed by atoms with Crippen LogP contribution in [0.25, 0.3) is 0 Å². The fourth-order valence-corrected chi connectivity index (χ4v) is 2.75. The van der Waals surface area contributed by atoms with Gasteiger partial charge in [0.1, 0.15) is 0 Å². The van der Waals surface area contributed by atoms with Gasteiger partial charge in [0, 0.05) is 18.8 Å². The molecule has 0 bridgehead atoms. The number of thioether (sulfide) groups is 1. The van der Waals surface area contributed by atoms with Gasteiger partial charge in [0.2, 0.25) is 11.2 Å². The number of aromatic nitrogens is 3. The molecule has 0 radical (unpaired) electrons. The molecule has 2 rings (SSSR count). The molecule has 1 heterocycles. The molecule has 20 heavy (non-hydrogen) atoms. The molecule has 0 fully saturated rings. The van der Waals surface area contributed by atoms with Crippen LogP contribution in [0.1, 0.15) is 19.4 Å². The predicted octanol–water partition coefficient (Wildman–Crippen LogP) is 3.66. The van der Waals surface area contributed by atoms with E-state index in [0.717, 1.165) is 18.8 Å². The Morgan fingerprint density at radius 2 is 1.75 bits per heavy atom. The lowest BCUT2D eigenvalue weighted by Crippen LogP contribution is -2.24. The molecule has 0 N–H and O–H groups in total. The molecule has 0 saturated carbocycles. The summed E-state index contributed by atoms with van der Waals surface area (Å²) < 4.78 is 0. The average molecular weight is 309 g/mol. The number of rotatable bonds is 6. The van der Waals surface area contributed by atoms with Crippen molar-refractivity contribution in [1.29, 1.82) is 0 Å². The number of halogens is 1. The summed E-state index contributed by atoms with van der Waals surface area (Å²) >= 11 is 7.55. The van der Waals surface area contributed by atoms with Crippen LogP contribution in [0.5, 0.6) is 0 Å². The summed E-state index contributed by atoms with van der Waals surface area (Å²) in [6, 6.07) is 10.2. The molecule has 0 amide bonds. The minimum atomic E-state index is 0.248.